The number of hydrogen-bond donors (Lipinski definition) is 1. The lowest BCUT2D eigenvalue weighted by molar-refractivity contribution is 0.142. The molecule has 0 fully saturated rings. The molecule has 4 heteroatoms. The standard InChI is InChI=1S/C9H13BrN2O/c1-2-8-11-9(10)7-5-6(13)3-4-12(7)8/h6,13H,2-5H2,1H3. The Morgan fingerprint density at radius 1 is 1.69 bits per heavy atom. The molecule has 2 heterocycles. The molecule has 0 aliphatic carbocycles. The largest absolute Gasteiger partial charge is 0.393 e. The third-order valence-electron chi connectivity index (χ3n) is 2.53. The van der Waals surface area contributed by atoms with Crippen LogP contribution in [0.15, 0.2) is 4.60 Å². The molecule has 1 unspecified atom stereocenters. The van der Waals surface area contributed by atoms with Crippen LogP contribution in [-0.2, 0) is 19.4 Å². The van der Waals surface area contributed by atoms with Crippen LogP contribution in [0.25, 0.3) is 0 Å². The molecule has 13 heavy (non-hydrogen) atoms. The van der Waals surface area contributed by atoms with Crippen molar-refractivity contribution in [1.29, 1.82) is 0 Å². The summed E-state index contributed by atoms with van der Waals surface area (Å²) in [6.45, 7) is 3.01. The predicted octanol–water partition coefficient (Wildman–Crippen LogP) is 1.52. The second-order valence-corrected chi connectivity index (χ2v) is 4.17. The first-order valence-electron chi connectivity index (χ1n) is 4.64. The number of fused-ring (bicyclic) bond motifs is 1. The van der Waals surface area contributed by atoms with Crippen molar-refractivity contribution >= 4 is 15.9 Å². The van der Waals surface area contributed by atoms with E-state index in [0.29, 0.717) is 0 Å². The molecule has 0 saturated heterocycles. The summed E-state index contributed by atoms with van der Waals surface area (Å²) < 4.78 is 3.12. The molecule has 1 aliphatic rings. The Kier molecular flexibility index (Phi) is 2.43. The highest BCUT2D eigenvalue weighted by atomic mass is 79.9. The second kappa shape index (κ2) is 3.42. The Hall–Kier alpha value is -0.350. The summed E-state index contributed by atoms with van der Waals surface area (Å²) in [7, 11) is 0. The van der Waals surface area contributed by atoms with Crippen LogP contribution in [-0.4, -0.2) is 20.8 Å². The van der Waals surface area contributed by atoms with E-state index < -0.39 is 0 Å². The molecule has 1 N–H and O–H groups in total. The van der Waals surface area contributed by atoms with E-state index in [1.807, 2.05) is 0 Å². The van der Waals surface area contributed by atoms with E-state index in [2.05, 4.69) is 32.4 Å². The Morgan fingerprint density at radius 2 is 2.46 bits per heavy atom. The SMILES string of the molecule is CCc1nc(Br)c2n1CCC(O)C2. The van der Waals surface area contributed by atoms with Crippen molar-refractivity contribution in [2.24, 2.45) is 0 Å². The van der Waals surface area contributed by atoms with Gasteiger partial charge in [0.15, 0.2) is 0 Å². The van der Waals surface area contributed by atoms with Crippen molar-refractivity contribution in [3.05, 3.63) is 16.1 Å². The summed E-state index contributed by atoms with van der Waals surface area (Å²) >= 11 is 3.43. The van der Waals surface area contributed by atoms with E-state index in [4.69, 9.17) is 0 Å². The number of aliphatic hydroxyl groups excluding tert-OH is 1. The summed E-state index contributed by atoms with van der Waals surface area (Å²) in [6.07, 6.45) is 2.34. The third kappa shape index (κ3) is 1.53. The minimum atomic E-state index is -0.190. The fourth-order valence-corrected chi connectivity index (χ4v) is 2.42. The first kappa shape index (κ1) is 9.21. The van der Waals surface area contributed by atoms with Gasteiger partial charge in [-0.3, -0.25) is 0 Å². The maximum Gasteiger partial charge on any atom is 0.127 e. The zero-order chi connectivity index (χ0) is 9.42. The summed E-state index contributed by atoms with van der Waals surface area (Å²) in [4.78, 5) is 4.41. The quantitative estimate of drug-likeness (QED) is 0.814. The van der Waals surface area contributed by atoms with Gasteiger partial charge in [0, 0.05) is 19.4 Å². The Balaban J connectivity index is 2.42. The van der Waals surface area contributed by atoms with Gasteiger partial charge in [-0.2, -0.15) is 0 Å². The molecule has 1 aromatic rings. The van der Waals surface area contributed by atoms with E-state index in [-0.39, 0.29) is 6.10 Å². The number of imidazole rings is 1. The number of rotatable bonds is 1. The van der Waals surface area contributed by atoms with Gasteiger partial charge in [-0.1, -0.05) is 6.92 Å². The molecule has 0 spiro atoms. The van der Waals surface area contributed by atoms with Crippen LogP contribution in [0.1, 0.15) is 24.9 Å². The van der Waals surface area contributed by atoms with Crippen LogP contribution < -0.4 is 0 Å². The highest BCUT2D eigenvalue weighted by Crippen LogP contribution is 2.25. The van der Waals surface area contributed by atoms with E-state index in [1.165, 1.54) is 0 Å². The fourth-order valence-electron chi connectivity index (χ4n) is 1.84. The number of aliphatic hydroxyl groups is 1. The van der Waals surface area contributed by atoms with Crippen LogP contribution in [0.5, 0.6) is 0 Å². The first-order chi connectivity index (χ1) is 6.22. The first-order valence-corrected chi connectivity index (χ1v) is 5.43. The van der Waals surface area contributed by atoms with Gasteiger partial charge in [0.25, 0.3) is 0 Å². The lowest BCUT2D eigenvalue weighted by Gasteiger charge is -2.20. The maximum atomic E-state index is 9.50. The number of aromatic nitrogens is 2. The Bertz CT molecular complexity index is 322. The lowest BCUT2D eigenvalue weighted by atomic mass is 10.1. The summed E-state index contributed by atoms with van der Waals surface area (Å²) in [5.41, 5.74) is 1.15. The van der Waals surface area contributed by atoms with E-state index in [0.717, 1.165) is 41.9 Å². The van der Waals surface area contributed by atoms with E-state index in [1.54, 1.807) is 0 Å². The zero-order valence-corrected chi connectivity index (χ0v) is 9.21. The molecule has 0 amide bonds. The van der Waals surface area contributed by atoms with Crippen LogP contribution in [0.2, 0.25) is 0 Å². The van der Waals surface area contributed by atoms with Crippen LogP contribution in [0, 0.1) is 0 Å². The van der Waals surface area contributed by atoms with Crippen LogP contribution in [0.4, 0.5) is 0 Å². The van der Waals surface area contributed by atoms with Gasteiger partial charge in [-0.05, 0) is 22.4 Å². The second-order valence-electron chi connectivity index (χ2n) is 3.42. The fraction of sp³-hybridized carbons (Fsp3) is 0.667. The molecule has 3 nitrogen and oxygen atoms in total. The van der Waals surface area contributed by atoms with Crippen molar-refractivity contribution in [2.75, 3.05) is 0 Å². The van der Waals surface area contributed by atoms with Crippen molar-refractivity contribution in [3.8, 4) is 0 Å². The summed E-state index contributed by atoms with van der Waals surface area (Å²) in [5.74, 6) is 1.12. The van der Waals surface area contributed by atoms with Crippen molar-refractivity contribution in [2.45, 2.75) is 38.8 Å². The van der Waals surface area contributed by atoms with E-state index >= 15 is 0 Å². The van der Waals surface area contributed by atoms with Gasteiger partial charge >= 0.3 is 0 Å². The maximum absolute atomic E-state index is 9.50. The number of nitrogens with zero attached hydrogens (tertiary/aromatic N) is 2. The molecule has 2 rings (SSSR count). The average Bonchev–Trinajstić information content (AvgIpc) is 2.43. The normalized spacial score (nSPS) is 21.6. The zero-order valence-electron chi connectivity index (χ0n) is 7.63. The van der Waals surface area contributed by atoms with Gasteiger partial charge < -0.3 is 9.67 Å². The predicted molar refractivity (Wildman–Crippen MR) is 53.6 cm³/mol. The van der Waals surface area contributed by atoms with Gasteiger partial charge in [-0.15, -0.1) is 0 Å². The molecular formula is C9H13BrN2O. The van der Waals surface area contributed by atoms with Crippen molar-refractivity contribution in [1.82, 2.24) is 9.55 Å². The van der Waals surface area contributed by atoms with Gasteiger partial charge in [0.1, 0.15) is 10.4 Å². The molecule has 1 atom stereocenters. The van der Waals surface area contributed by atoms with Gasteiger partial charge in [-0.25, -0.2) is 4.98 Å². The number of halogens is 1. The van der Waals surface area contributed by atoms with Gasteiger partial charge in [0.05, 0.1) is 11.8 Å². The Labute approximate surface area is 85.9 Å². The Morgan fingerprint density at radius 3 is 3.15 bits per heavy atom. The molecule has 72 valence electrons. The highest BCUT2D eigenvalue weighted by molar-refractivity contribution is 9.10. The van der Waals surface area contributed by atoms with Crippen LogP contribution >= 0.6 is 15.9 Å². The number of hydrogen-bond acceptors (Lipinski definition) is 2. The smallest absolute Gasteiger partial charge is 0.127 e. The molecule has 1 aromatic heterocycles. The molecule has 1 aliphatic heterocycles. The monoisotopic (exact) mass is 244 g/mol. The molecule has 0 aromatic carbocycles. The van der Waals surface area contributed by atoms with E-state index in [9.17, 15) is 5.11 Å². The summed E-state index contributed by atoms with van der Waals surface area (Å²) in [5, 5.41) is 9.50. The molecular weight excluding hydrogens is 232 g/mol. The topological polar surface area (TPSA) is 38.0 Å². The average molecular weight is 245 g/mol. The summed E-state index contributed by atoms with van der Waals surface area (Å²) in [6, 6.07) is 0. The molecule has 0 saturated carbocycles. The van der Waals surface area contributed by atoms with Crippen LogP contribution in [0.3, 0.4) is 0 Å². The molecule has 0 bridgehead atoms. The van der Waals surface area contributed by atoms with Crippen molar-refractivity contribution in [3.63, 3.8) is 0 Å². The number of aryl methyl sites for hydroxylation is 1. The molecule has 0 radical (unpaired) electrons. The van der Waals surface area contributed by atoms with Gasteiger partial charge in [0.2, 0.25) is 0 Å². The minimum absolute atomic E-state index is 0.190. The third-order valence-corrected chi connectivity index (χ3v) is 3.17. The lowest BCUT2D eigenvalue weighted by Crippen LogP contribution is -2.23. The highest BCUT2D eigenvalue weighted by Gasteiger charge is 2.22. The van der Waals surface area contributed by atoms with Crippen molar-refractivity contribution < 1.29 is 5.11 Å². The minimum Gasteiger partial charge on any atom is -0.393 e.